The number of carbonyl (C=O) groups is 2. The quantitative estimate of drug-likeness (QED) is 0.588. The van der Waals surface area contributed by atoms with Crippen LogP contribution in [0.5, 0.6) is 0 Å². The second kappa shape index (κ2) is 7.64. The van der Waals surface area contributed by atoms with Gasteiger partial charge in [-0.15, -0.1) is 0 Å². The van der Waals surface area contributed by atoms with Crippen LogP contribution in [0.3, 0.4) is 0 Å². The normalized spacial score (nSPS) is 14.8. The molecule has 0 aliphatic carbocycles. The van der Waals surface area contributed by atoms with Crippen molar-refractivity contribution in [2.45, 2.75) is 85.5 Å². The van der Waals surface area contributed by atoms with E-state index in [1.165, 1.54) is 0 Å². The summed E-state index contributed by atoms with van der Waals surface area (Å²) < 4.78 is 12.8. The highest BCUT2D eigenvalue weighted by molar-refractivity contribution is 5.93. The van der Waals surface area contributed by atoms with E-state index in [4.69, 9.17) is 9.47 Å². The summed E-state index contributed by atoms with van der Waals surface area (Å²) in [5, 5.41) is 1.03. The van der Waals surface area contributed by atoms with Gasteiger partial charge in [-0.25, -0.2) is 9.59 Å². The summed E-state index contributed by atoms with van der Waals surface area (Å²) in [6, 6.07) is 4.20. The summed E-state index contributed by atoms with van der Waals surface area (Å²) in [5.41, 5.74) is 3.12. The monoisotopic (exact) mass is 414 g/mol. The minimum Gasteiger partial charge on any atom is -0.444 e. The van der Waals surface area contributed by atoms with Crippen molar-refractivity contribution in [1.29, 1.82) is 0 Å². The van der Waals surface area contributed by atoms with Gasteiger partial charge in [-0.2, -0.15) is 0 Å². The first-order valence-electron chi connectivity index (χ1n) is 10.6. The van der Waals surface area contributed by atoms with E-state index in [-0.39, 0.29) is 18.1 Å². The Kier molecular flexibility index (Phi) is 5.65. The maximum absolute atomic E-state index is 12.8. The molecule has 1 aliphatic heterocycles. The number of benzene rings is 1. The van der Waals surface area contributed by atoms with Gasteiger partial charge in [0.1, 0.15) is 11.2 Å². The molecule has 0 radical (unpaired) electrons. The largest absolute Gasteiger partial charge is 0.444 e. The van der Waals surface area contributed by atoms with E-state index in [0.29, 0.717) is 13.1 Å². The number of carbonyl (C=O) groups excluding carboxylic acids is 2. The van der Waals surface area contributed by atoms with Gasteiger partial charge in [0.15, 0.2) is 0 Å². The standard InChI is InChI=1S/C24H34N2O4/c1-15(2)19-14-26(22(28)30-24(6,7)8)20-12-16-9-10-25(13-17(16)11-18(19)20)21(27)29-23(3,4)5/h11-12,14-15H,9-10,13H2,1-8H3. The summed E-state index contributed by atoms with van der Waals surface area (Å²) in [4.78, 5) is 27.1. The third kappa shape index (κ3) is 4.79. The molecule has 1 aliphatic rings. The third-order valence-corrected chi connectivity index (χ3v) is 5.03. The summed E-state index contributed by atoms with van der Waals surface area (Å²) in [6.45, 7) is 16.6. The molecule has 0 N–H and O–H groups in total. The van der Waals surface area contributed by atoms with E-state index < -0.39 is 11.2 Å². The first kappa shape index (κ1) is 22.2. The van der Waals surface area contributed by atoms with Crippen LogP contribution < -0.4 is 0 Å². The lowest BCUT2D eigenvalue weighted by Gasteiger charge is -2.31. The van der Waals surface area contributed by atoms with Crippen LogP contribution >= 0.6 is 0 Å². The molecule has 164 valence electrons. The van der Waals surface area contributed by atoms with Crippen LogP contribution in [0, 0.1) is 0 Å². The second-order valence-electron chi connectivity index (χ2n) is 10.4. The topological polar surface area (TPSA) is 60.8 Å². The lowest BCUT2D eigenvalue weighted by molar-refractivity contribution is 0.0224. The van der Waals surface area contributed by atoms with E-state index in [2.05, 4.69) is 26.0 Å². The number of ether oxygens (including phenoxy) is 2. The number of hydrogen-bond donors (Lipinski definition) is 0. The van der Waals surface area contributed by atoms with Gasteiger partial charge in [-0.05, 0) is 82.7 Å². The van der Waals surface area contributed by atoms with Crippen molar-refractivity contribution in [2.24, 2.45) is 0 Å². The summed E-state index contributed by atoms with van der Waals surface area (Å²) in [6.07, 6.45) is 1.95. The molecule has 1 aromatic heterocycles. The van der Waals surface area contributed by atoms with Crippen molar-refractivity contribution in [1.82, 2.24) is 9.47 Å². The Bertz CT molecular complexity index is 974. The number of rotatable bonds is 1. The molecule has 6 heteroatoms. The molecule has 1 aromatic carbocycles. The third-order valence-electron chi connectivity index (χ3n) is 5.03. The molecule has 0 bridgehead atoms. The lowest BCUT2D eigenvalue weighted by atomic mass is 9.95. The number of hydrogen-bond acceptors (Lipinski definition) is 4. The highest BCUT2D eigenvalue weighted by atomic mass is 16.6. The Morgan fingerprint density at radius 2 is 1.53 bits per heavy atom. The number of fused-ring (bicyclic) bond motifs is 2. The highest BCUT2D eigenvalue weighted by Crippen LogP contribution is 2.33. The zero-order chi connectivity index (χ0) is 22.4. The van der Waals surface area contributed by atoms with E-state index in [1.807, 2.05) is 47.7 Å². The van der Waals surface area contributed by atoms with Gasteiger partial charge in [0.2, 0.25) is 0 Å². The van der Waals surface area contributed by atoms with Gasteiger partial charge in [-0.1, -0.05) is 13.8 Å². The molecular formula is C24H34N2O4. The fourth-order valence-electron chi connectivity index (χ4n) is 3.71. The van der Waals surface area contributed by atoms with Crippen LogP contribution in [-0.4, -0.2) is 39.4 Å². The van der Waals surface area contributed by atoms with Gasteiger partial charge in [-0.3, -0.25) is 4.57 Å². The molecular weight excluding hydrogens is 380 g/mol. The molecule has 0 saturated heterocycles. The van der Waals surface area contributed by atoms with Gasteiger partial charge in [0.05, 0.1) is 5.52 Å². The number of nitrogens with zero attached hydrogens (tertiary/aromatic N) is 2. The Balaban J connectivity index is 1.99. The molecule has 2 heterocycles. The molecule has 0 fully saturated rings. The maximum Gasteiger partial charge on any atom is 0.419 e. The first-order chi connectivity index (χ1) is 13.7. The van der Waals surface area contributed by atoms with E-state index in [1.54, 1.807) is 9.47 Å². The smallest absolute Gasteiger partial charge is 0.419 e. The van der Waals surface area contributed by atoms with Crippen LogP contribution in [0.2, 0.25) is 0 Å². The van der Waals surface area contributed by atoms with Crippen molar-refractivity contribution >= 4 is 23.1 Å². The lowest BCUT2D eigenvalue weighted by Crippen LogP contribution is -2.39. The van der Waals surface area contributed by atoms with Crippen molar-refractivity contribution in [3.05, 3.63) is 35.0 Å². The zero-order valence-corrected chi connectivity index (χ0v) is 19.5. The molecule has 1 amide bonds. The fraction of sp³-hybridized carbons (Fsp3) is 0.583. The van der Waals surface area contributed by atoms with Crippen molar-refractivity contribution < 1.29 is 19.1 Å². The molecule has 6 nitrogen and oxygen atoms in total. The minimum absolute atomic E-state index is 0.250. The fourth-order valence-corrected chi connectivity index (χ4v) is 3.71. The van der Waals surface area contributed by atoms with E-state index in [9.17, 15) is 9.59 Å². The Labute approximate surface area is 179 Å². The summed E-state index contributed by atoms with van der Waals surface area (Å²) in [7, 11) is 0. The molecule has 30 heavy (non-hydrogen) atoms. The molecule has 0 atom stereocenters. The van der Waals surface area contributed by atoms with Crippen molar-refractivity contribution in [3.63, 3.8) is 0 Å². The average molecular weight is 415 g/mol. The van der Waals surface area contributed by atoms with Crippen molar-refractivity contribution in [3.8, 4) is 0 Å². The molecule has 0 unspecified atom stereocenters. The first-order valence-corrected chi connectivity index (χ1v) is 10.6. The van der Waals surface area contributed by atoms with Gasteiger partial charge >= 0.3 is 12.2 Å². The van der Waals surface area contributed by atoms with Crippen LogP contribution in [0.4, 0.5) is 9.59 Å². The predicted octanol–water partition coefficient (Wildman–Crippen LogP) is 5.84. The molecule has 0 saturated carbocycles. The van der Waals surface area contributed by atoms with E-state index in [0.717, 1.165) is 34.0 Å². The Hall–Kier alpha value is -2.50. The second-order valence-corrected chi connectivity index (χ2v) is 10.4. The maximum atomic E-state index is 12.8. The molecule has 0 spiro atoms. The number of aromatic nitrogens is 1. The van der Waals surface area contributed by atoms with Crippen LogP contribution in [0.25, 0.3) is 10.9 Å². The minimum atomic E-state index is -0.562. The van der Waals surface area contributed by atoms with Gasteiger partial charge in [0, 0.05) is 24.7 Å². The summed E-state index contributed by atoms with van der Waals surface area (Å²) >= 11 is 0. The van der Waals surface area contributed by atoms with E-state index >= 15 is 0 Å². The predicted molar refractivity (Wildman–Crippen MR) is 118 cm³/mol. The van der Waals surface area contributed by atoms with Gasteiger partial charge in [0.25, 0.3) is 0 Å². The van der Waals surface area contributed by atoms with Gasteiger partial charge < -0.3 is 14.4 Å². The Morgan fingerprint density at radius 1 is 0.933 bits per heavy atom. The average Bonchev–Trinajstić information content (AvgIpc) is 2.95. The van der Waals surface area contributed by atoms with Crippen LogP contribution in [-0.2, 0) is 22.4 Å². The number of amides is 1. The SMILES string of the molecule is CC(C)c1cn(C(=O)OC(C)(C)C)c2cc3c(cc12)CN(C(=O)OC(C)(C)C)CC3. The molecule has 3 rings (SSSR count). The van der Waals surface area contributed by atoms with Crippen LogP contribution in [0.1, 0.15) is 78.0 Å². The highest BCUT2D eigenvalue weighted by Gasteiger charge is 2.28. The summed E-state index contributed by atoms with van der Waals surface area (Å²) in [5.74, 6) is 0.250. The zero-order valence-electron chi connectivity index (χ0n) is 19.5. The van der Waals surface area contributed by atoms with Crippen molar-refractivity contribution in [2.75, 3.05) is 6.54 Å². The van der Waals surface area contributed by atoms with Crippen LogP contribution in [0.15, 0.2) is 18.3 Å². The molecule has 2 aromatic rings. The Morgan fingerprint density at radius 3 is 2.10 bits per heavy atom.